The van der Waals surface area contributed by atoms with E-state index >= 15 is 0 Å². The van der Waals surface area contributed by atoms with Crippen LogP contribution in [0.5, 0.6) is 0 Å². The van der Waals surface area contributed by atoms with E-state index in [4.69, 9.17) is 9.84 Å². The third-order valence-electron chi connectivity index (χ3n) is 4.26. The number of carbonyl (C=O) groups is 2. The molecule has 0 fully saturated rings. The molecule has 0 aliphatic carbocycles. The average Bonchev–Trinajstić information content (AvgIpc) is 2.68. The number of fused-ring (bicyclic) bond motifs is 1. The number of para-hydroxylation sites is 1. The molecule has 23 heavy (non-hydrogen) atoms. The van der Waals surface area contributed by atoms with Crippen molar-refractivity contribution in [1.29, 1.82) is 0 Å². The lowest BCUT2D eigenvalue weighted by Crippen LogP contribution is -2.29. The minimum atomic E-state index is -0.898. The lowest BCUT2D eigenvalue weighted by molar-refractivity contribution is -0.143. The molecule has 0 aromatic heterocycles. The van der Waals surface area contributed by atoms with Crippen LogP contribution in [0.15, 0.2) is 36.5 Å². The highest BCUT2D eigenvalue weighted by Gasteiger charge is 2.38. The molecular weight excluding hydrogens is 294 g/mol. The van der Waals surface area contributed by atoms with Crippen molar-refractivity contribution < 1.29 is 19.4 Å². The number of carbonyl (C=O) groups excluding carboxylic acids is 1. The van der Waals surface area contributed by atoms with Gasteiger partial charge >= 0.3 is 11.9 Å². The van der Waals surface area contributed by atoms with Crippen LogP contribution in [0.2, 0.25) is 0 Å². The first-order valence-electron chi connectivity index (χ1n) is 7.78. The summed E-state index contributed by atoms with van der Waals surface area (Å²) in [6, 6.07) is 8.14. The van der Waals surface area contributed by atoms with E-state index in [2.05, 4.69) is 31.4 Å². The summed E-state index contributed by atoms with van der Waals surface area (Å²) in [5.41, 5.74) is 3.17. The van der Waals surface area contributed by atoms with Crippen LogP contribution < -0.4 is 4.90 Å². The van der Waals surface area contributed by atoms with E-state index < -0.39 is 5.97 Å². The molecule has 0 amide bonds. The Kier molecular flexibility index (Phi) is 5.08. The maximum Gasteiger partial charge on any atom is 0.305 e. The van der Waals surface area contributed by atoms with E-state index in [0.29, 0.717) is 13.0 Å². The second-order valence-electron chi connectivity index (χ2n) is 6.21. The molecule has 1 aromatic rings. The zero-order valence-electron chi connectivity index (χ0n) is 13.7. The Morgan fingerprint density at radius 2 is 1.96 bits per heavy atom. The van der Waals surface area contributed by atoms with Crippen molar-refractivity contribution >= 4 is 17.6 Å². The van der Waals surface area contributed by atoms with E-state index in [1.54, 1.807) is 0 Å². The Morgan fingerprint density at radius 1 is 1.26 bits per heavy atom. The molecule has 0 saturated carbocycles. The molecule has 0 unspecified atom stereocenters. The van der Waals surface area contributed by atoms with Gasteiger partial charge < -0.3 is 14.7 Å². The summed E-state index contributed by atoms with van der Waals surface area (Å²) in [4.78, 5) is 24.1. The first-order valence-corrected chi connectivity index (χ1v) is 7.78. The molecular formula is C18H23NO4. The molecule has 0 radical (unpaired) electrons. The predicted octanol–water partition coefficient (Wildman–Crippen LogP) is 3.10. The van der Waals surface area contributed by atoms with Crippen LogP contribution in [0.1, 0.15) is 38.7 Å². The number of nitrogens with zero attached hydrogens (tertiary/aromatic N) is 1. The van der Waals surface area contributed by atoms with Crippen molar-refractivity contribution in [2.24, 2.45) is 0 Å². The van der Waals surface area contributed by atoms with Gasteiger partial charge in [-0.25, -0.2) is 0 Å². The third-order valence-corrected chi connectivity index (χ3v) is 4.26. The highest BCUT2D eigenvalue weighted by molar-refractivity contribution is 5.72. The lowest BCUT2D eigenvalue weighted by Gasteiger charge is -2.25. The van der Waals surface area contributed by atoms with Gasteiger partial charge in [-0.2, -0.15) is 0 Å². The Labute approximate surface area is 136 Å². The Hall–Kier alpha value is -2.30. The second kappa shape index (κ2) is 6.86. The van der Waals surface area contributed by atoms with Crippen molar-refractivity contribution in [2.45, 2.75) is 38.5 Å². The van der Waals surface area contributed by atoms with Gasteiger partial charge in [0.15, 0.2) is 0 Å². The number of rotatable bonds is 7. The van der Waals surface area contributed by atoms with Crippen LogP contribution in [-0.2, 0) is 19.7 Å². The quantitative estimate of drug-likeness (QED) is 0.783. The van der Waals surface area contributed by atoms with Gasteiger partial charge in [0.25, 0.3) is 0 Å². The first kappa shape index (κ1) is 17.1. The van der Waals surface area contributed by atoms with Crippen LogP contribution in [0.25, 0.3) is 0 Å². The highest BCUT2D eigenvalue weighted by atomic mass is 16.5. The van der Waals surface area contributed by atoms with Crippen molar-refractivity contribution in [3.8, 4) is 0 Å². The molecule has 1 heterocycles. The van der Waals surface area contributed by atoms with E-state index in [1.165, 1.54) is 5.56 Å². The van der Waals surface area contributed by atoms with E-state index in [0.717, 1.165) is 11.4 Å². The summed E-state index contributed by atoms with van der Waals surface area (Å²) in [6.07, 6.45) is 0.426. The van der Waals surface area contributed by atoms with Crippen molar-refractivity contribution in [3.63, 3.8) is 0 Å². The van der Waals surface area contributed by atoms with Crippen LogP contribution >= 0.6 is 0 Å². The monoisotopic (exact) mass is 317 g/mol. The van der Waals surface area contributed by atoms with Gasteiger partial charge in [-0.3, -0.25) is 9.59 Å². The number of esters is 1. The Bertz CT molecular complexity index is 621. The summed E-state index contributed by atoms with van der Waals surface area (Å²) >= 11 is 0. The molecule has 5 nitrogen and oxygen atoms in total. The molecule has 1 aliphatic heterocycles. The maximum absolute atomic E-state index is 11.6. The van der Waals surface area contributed by atoms with E-state index in [9.17, 15) is 9.59 Å². The van der Waals surface area contributed by atoms with Gasteiger partial charge in [0, 0.05) is 29.6 Å². The Balaban J connectivity index is 1.88. The molecule has 2 rings (SSSR count). The fourth-order valence-corrected chi connectivity index (χ4v) is 2.84. The molecule has 0 atom stereocenters. The summed E-state index contributed by atoms with van der Waals surface area (Å²) in [5.74, 6) is -1.26. The normalized spacial score (nSPS) is 15.4. The zero-order valence-corrected chi connectivity index (χ0v) is 13.7. The van der Waals surface area contributed by atoms with Crippen LogP contribution in [0, 0.1) is 0 Å². The topological polar surface area (TPSA) is 66.8 Å². The highest BCUT2D eigenvalue weighted by Crippen LogP contribution is 2.46. The zero-order chi connectivity index (χ0) is 17.0. The van der Waals surface area contributed by atoms with Crippen LogP contribution in [0.3, 0.4) is 0 Å². The first-order chi connectivity index (χ1) is 10.8. The standard InChI is InChI=1S/C18H23NO4/c1-13-18(2,3)14-7-4-5-8-15(14)19(13)11-12-23-17(22)10-6-9-16(20)21/h4-5,7-8H,1,6,9-12H2,2-3H3,(H,20,21). The van der Waals surface area contributed by atoms with Crippen molar-refractivity contribution in [3.05, 3.63) is 42.1 Å². The summed E-state index contributed by atoms with van der Waals surface area (Å²) in [7, 11) is 0. The number of ether oxygens (including phenoxy) is 1. The van der Waals surface area contributed by atoms with E-state index in [-0.39, 0.29) is 30.8 Å². The predicted molar refractivity (Wildman–Crippen MR) is 88.4 cm³/mol. The SMILES string of the molecule is C=C1N(CCOC(=O)CCCC(=O)O)c2ccccc2C1(C)C. The Morgan fingerprint density at radius 3 is 2.65 bits per heavy atom. The van der Waals surface area contributed by atoms with Crippen LogP contribution in [-0.4, -0.2) is 30.2 Å². The van der Waals surface area contributed by atoms with Gasteiger partial charge in [0.05, 0.1) is 6.54 Å². The molecule has 1 N–H and O–H groups in total. The molecule has 0 bridgehead atoms. The number of hydrogen-bond donors (Lipinski definition) is 1. The minimum absolute atomic E-state index is 0.0143. The number of benzene rings is 1. The van der Waals surface area contributed by atoms with Gasteiger partial charge in [0.1, 0.15) is 6.61 Å². The average molecular weight is 317 g/mol. The number of carboxylic acid groups (broad SMARTS) is 1. The molecule has 0 spiro atoms. The van der Waals surface area contributed by atoms with E-state index in [1.807, 2.05) is 18.2 Å². The number of allylic oxidation sites excluding steroid dienone is 1. The second-order valence-corrected chi connectivity index (χ2v) is 6.21. The molecule has 1 aliphatic rings. The minimum Gasteiger partial charge on any atom is -0.481 e. The molecule has 124 valence electrons. The summed E-state index contributed by atoms with van der Waals surface area (Å²) < 4.78 is 5.20. The lowest BCUT2D eigenvalue weighted by atomic mass is 9.85. The summed E-state index contributed by atoms with van der Waals surface area (Å²) in [6.45, 7) is 9.26. The van der Waals surface area contributed by atoms with Gasteiger partial charge in [-0.1, -0.05) is 38.6 Å². The van der Waals surface area contributed by atoms with Crippen molar-refractivity contribution in [1.82, 2.24) is 0 Å². The summed E-state index contributed by atoms with van der Waals surface area (Å²) in [5, 5.41) is 8.55. The van der Waals surface area contributed by atoms with Gasteiger partial charge in [0.2, 0.25) is 0 Å². The fraction of sp³-hybridized carbons (Fsp3) is 0.444. The number of anilines is 1. The largest absolute Gasteiger partial charge is 0.481 e. The van der Waals surface area contributed by atoms with Crippen LogP contribution in [0.4, 0.5) is 5.69 Å². The molecule has 0 saturated heterocycles. The van der Waals surface area contributed by atoms with Crippen molar-refractivity contribution in [2.75, 3.05) is 18.1 Å². The number of aliphatic carboxylic acids is 1. The smallest absolute Gasteiger partial charge is 0.305 e. The number of carboxylic acids is 1. The third kappa shape index (κ3) is 3.73. The fourth-order valence-electron chi connectivity index (χ4n) is 2.84. The molecule has 5 heteroatoms. The number of hydrogen-bond acceptors (Lipinski definition) is 4. The van der Waals surface area contributed by atoms with Gasteiger partial charge in [-0.15, -0.1) is 0 Å². The molecule has 1 aromatic carbocycles. The maximum atomic E-state index is 11.6. The van der Waals surface area contributed by atoms with Gasteiger partial charge in [-0.05, 0) is 18.1 Å².